The Kier molecular flexibility index (Phi) is 3.63. The molecule has 2 rings (SSSR count). The molecule has 0 aliphatic rings. The van der Waals surface area contributed by atoms with Crippen molar-refractivity contribution in [3.63, 3.8) is 0 Å². The monoisotopic (exact) mass is 250 g/mol. The topological polar surface area (TPSA) is 83.0 Å². The van der Waals surface area contributed by atoms with E-state index < -0.39 is 5.91 Å². The fraction of sp³-hybridized carbons (Fsp3) is 0.182. The number of hydrogen-bond donors (Lipinski definition) is 1. The van der Waals surface area contributed by atoms with Crippen molar-refractivity contribution in [2.24, 2.45) is 5.73 Å². The van der Waals surface area contributed by atoms with Gasteiger partial charge in [0.2, 0.25) is 5.91 Å². The summed E-state index contributed by atoms with van der Waals surface area (Å²) in [4.78, 5) is 10.5. The molecule has 0 saturated heterocycles. The van der Waals surface area contributed by atoms with Crippen molar-refractivity contribution in [1.29, 1.82) is 0 Å². The summed E-state index contributed by atoms with van der Waals surface area (Å²) >= 11 is 0. The van der Waals surface area contributed by atoms with E-state index in [2.05, 4.69) is 10.3 Å². The second-order valence-corrected chi connectivity index (χ2v) is 3.59. The van der Waals surface area contributed by atoms with Gasteiger partial charge in [0.05, 0.1) is 18.5 Å². The highest BCUT2D eigenvalue weighted by molar-refractivity contribution is 5.74. The first-order chi connectivity index (χ1) is 8.65. The lowest BCUT2D eigenvalue weighted by Crippen LogP contribution is -2.17. The molecule has 6 nitrogen and oxygen atoms in total. The van der Waals surface area contributed by atoms with Crippen molar-refractivity contribution < 1.29 is 13.9 Å². The highest BCUT2D eigenvalue weighted by Crippen LogP contribution is 2.08. The predicted molar refractivity (Wildman–Crippen MR) is 60.2 cm³/mol. The van der Waals surface area contributed by atoms with Crippen molar-refractivity contribution in [3.05, 3.63) is 42.0 Å². The van der Waals surface area contributed by atoms with Crippen LogP contribution in [0.2, 0.25) is 0 Å². The molecule has 2 N–H and O–H groups in total. The SMILES string of the molecule is NC(=O)COCc1cn(-c2ccc(F)cc2)nn1. The van der Waals surface area contributed by atoms with E-state index in [0.717, 1.165) is 0 Å². The van der Waals surface area contributed by atoms with Crippen LogP contribution in [0.25, 0.3) is 5.69 Å². The molecule has 18 heavy (non-hydrogen) atoms. The predicted octanol–water partition coefficient (Wildman–Crippen LogP) is 0.408. The van der Waals surface area contributed by atoms with Gasteiger partial charge in [-0.1, -0.05) is 5.21 Å². The van der Waals surface area contributed by atoms with Crippen molar-refractivity contribution in [2.75, 3.05) is 6.61 Å². The average molecular weight is 250 g/mol. The van der Waals surface area contributed by atoms with Crippen LogP contribution in [0.15, 0.2) is 30.5 Å². The summed E-state index contributed by atoms with van der Waals surface area (Å²) in [6.45, 7) is -0.0203. The number of ether oxygens (including phenoxy) is 1. The van der Waals surface area contributed by atoms with E-state index in [0.29, 0.717) is 11.4 Å². The first kappa shape index (κ1) is 12.2. The lowest BCUT2D eigenvalue weighted by molar-refractivity contribution is -0.122. The van der Waals surface area contributed by atoms with E-state index in [1.807, 2.05) is 0 Å². The maximum Gasteiger partial charge on any atom is 0.243 e. The van der Waals surface area contributed by atoms with Gasteiger partial charge in [-0.25, -0.2) is 9.07 Å². The van der Waals surface area contributed by atoms with E-state index in [9.17, 15) is 9.18 Å². The summed E-state index contributed by atoms with van der Waals surface area (Å²) in [5, 5.41) is 7.72. The average Bonchev–Trinajstić information content (AvgIpc) is 2.78. The third-order valence-electron chi connectivity index (χ3n) is 2.13. The Hall–Kier alpha value is -2.28. The van der Waals surface area contributed by atoms with Gasteiger partial charge in [-0.2, -0.15) is 0 Å². The molecule has 0 spiro atoms. The fourth-order valence-electron chi connectivity index (χ4n) is 1.34. The van der Waals surface area contributed by atoms with Crippen LogP contribution in [0.5, 0.6) is 0 Å². The fourth-order valence-corrected chi connectivity index (χ4v) is 1.34. The van der Waals surface area contributed by atoms with Crippen molar-refractivity contribution in [1.82, 2.24) is 15.0 Å². The zero-order valence-electron chi connectivity index (χ0n) is 9.41. The van der Waals surface area contributed by atoms with Crippen LogP contribution in [-0.2, 0) is 16.1 Å². The Morgan fingerprint density at radius 2 is 2.11 bits per heavy atom. The van der Waals surface area contributed by atoms with E-state index in [1.165, 1.54) is 16.8 Å². The van der Waals surface area contributed by atoms with E-state index in [4.69, 9.17) is 10.5 Å². The minimum Gasteiger partial charge on any atom is -0.368 e. The maximum absolute atomic E-state index is 12.7. The molecule has 7 heteroatoms. The second kappa shape index (κ2) is 5.37. The third kappa shape index (κ3) is 3.11. The van der Waals surface area contributed by atoms with Gasteiger partial charge in [-0.15, -0.1) is 5.10 Å². The van der Waals surface area contributed by atoms with Crippen LogP contribution in [0.4, 0.5) is 4.39 Å². The molecule has 1 aromatic heterocycles. The molecule has 0 aliphatic carbocycles. The largest absolute Gasteiger partial charge is 0.368 e. The minimum atomic E-state index is -0.541. The number of nitrogens with two attached hydrogens (primary N) is 1. The summed E-state index contributed by atoms with van der Waals surface area (Å²) in [6.07, 6.45) is 1.63. The molecule has 0 unspecified atom stereocenters. The zero-order chi connectivity index (χ0) is 13.0. The Bertz CT molecular complexity index is 538. The van der Waals surface area contributed by atoms with Crippen LogP contribution < -0.4 is 5.73 Å². The number of carbonyl (C=O) groups is 1. The molecule has 0 aliphatic heterocycles. The van der Waals surface area contributed by atoms with Crippen LogP contribution >= 0.6 is 0 Å². The molecule has 2 aromatic rings. The Balaban J connectivity index is 2.01. The van der Waals surface area contributed by atoms with Gasteiger partial charge in [0.25, 0.3) is 0 Å². The number of aromatic nitrogens is 3. The quantitative estimate of drug-likeness (QED) is 0.833. The number of rotatable bonds is 5. The summed E-state index contributed by atoms with van der Waals surface area (Å²) in [6, 6.07) is 5.83. The van der Waals surface area contributed by atoms with Crippen molar-refractivity contribution in [3.8, 4) is 5.69 Å². The second-order valence-electron chi connectivity index (χ2n) is 3.59. The van der Waals surface area contributed by atoms with E-state index >= 15 is 0 Å². The molecule has 0 radical (unpaired) electrons. The highest BCUT2D eigenvalue weighted by Gasteiger charge is 2.04. The molecule has 1 amide bonds. The zero-order valence-corrected chi connectivity index (χ0v) is 9.41. The van der Waals surface area contributed by atoms with Gasteiger partial charge >= 0.3 is 0 Å². The van der Waals surface area contributed by atoms with Crippen LogP contribution in [0, 0.1) is 5.82 Å². The summed E-state index contributed by atoms with van der Waals surface area (Å²) in [5.41, 5.74) is 6.17. The van der Waals surface area contributed by atoms with Gasteiger partial charge in [-0.3, -0.25) is 4.79 Å². The first-order valence-corrected chi connectivity index (χ1v) is 5.18. The number of halogens is 1. The van der Waals surface area contributed by atoms with Crippen molar-refractivity contribution in [2.45, 2.75) is 6.61 Å². The van der Waals surface area contributed by atoms with E-state index in [-0.39, 0.29) is 19.0 Å². The smallest absolute Gasteiger partial charge is 0.243 e. The van der Waals surface area contributed by atoms with E-state index in [1.54, 1.807) is 18.3 Å². The molecule has 1 heterocycles. The van der Waals surface area contributed by atoms with Gasteiger partial charge in [0, 0.05) is 0 Å². The number of hydrogen-bond acceptors (Lipinski definition) is 4. The summed E-state index contributed by atoms with van der Waals surface area (Å²) < 4.78 is 19.2. The molecule has 1 aromatic carbocycles. The Morgan fingerprint density at radius 1 is 1.39 bits per heavy atom. The molecule has 0 saturated carbocycles. The lowest BCUT2D eigenvalue weighted by atomic mass is 10.3. The van der Waals surface area contributed by atoms with Crippen molar-refractivity contribution >= 4 is 5.91 Å². The van der Waals surface area contributed by atoms with Gasteiger partial charge in [0.15, 0.2) is 0 Å². The first-order valence-electron chi connectivity index (χ1n) is 5.18. The van der Waals surface area contributed by atoms with Crippen LogP contribution in [0.3, 0.4) is 0 Å². The number of primary amides is 1. The standard InChI is InChI=1S/C11H11FN4O2/c12-8-1-3-10(4-2-8)16-5-9(14-15-16)6-18-7-11(13)17/h1-5H,6-7H2,(H2,13,17). The molecule has 0 atom stereocenters. The van der Waals surface area contributed by atoms with Crippen LogP contribution in [0.1, 0.15) is 5.69 Å². The lowest BCUT2D eigenvalue weighted by Gasteiger charge is -1.98. The Morgan fingerprint density at radius 3 is 2.78 bits per heavy atom. The number of nitrogens with zero attached hydrogens (tertiary/aromatic N) is 3. The van der Waals surface area contributed by atoms with Gasteiger partial charge in [-0.05, 0) is 24.3 Å². The third-order valence-corrected chi connectivity index (χ3v) is 2.13. The molecule has 0 bridgehead atoms. The summed E-state index contributed by atoms with van der Waals surface area (Å²) in [7, 11) is 0. The minimum absolute atomic E-state index is 0.143. The van der Waals surface area contributed by atoms with Crippen LogP contribution in [-0.4, -0.2) is 27.5 Å². The number of carbonyl (C=O) groups excluding carboxylic acids is 1. The molecule has 0 fully saturated rings. The van der Waals surface area contributed by atoms with Gasteiger partial charge < -0.3 is 10.5 Å². The highest BCUT2D eigenvalue weighted by atomic mass is 19.1. The van der Waals surface area contributed by atoms with Gasteiger partial charge in [0.1, 0.15) is 18.1 Å². The molecular weight excluding hydrogens is 239 g/mol. The molecular formula is C11H11FN4O2. The Labute approximate surface area is 102 Å². The normalized spacial score (nSPS) is 10.5. The molecule has 94 valence electrons. The number of benzene rings is 1. The maximum atomic E-state index is 12.7. The number of amides is 1. The summed E-state index contributed by atoms with van der Waals surface area (Å²) in [5.74, 6) is -0.857.